The van der Waals surface area contributed by atoms with Crippen LogP contribution in [0.2, 0.25) is 0 Å². The molecule has 8 heteroatoms. The number of guanidine groups is 1. The first kappa shape index (κ1) is 20.2. The Bertz CT molecular complexity index is 639. The molecule has 0 atom stereocenters. The van der Waals surface area contributed by atoms with Gasteiger partial charge in [-0.05, 0) is 31.2 Å². The van der Waals surface area contributed by atoms with Crippen molar-refractivity contribution in [3.63, 3.8) is 0 Å². The molecule has 1 aliphatic heterocycles. The summed E-state index contributed by atoms with van der Waals surface area (Å²) < 4.78 is 0.943. The Morgan fingerprint density at radius 3 is 2.27 bits per heavy atom. The van der Waals surface area contributed by atoms with Gasteiger partial charge in [0.05, 0.1) is 6.54 Å². The summed E-state index contributed by atoms with van der Waals surface area (Å²) in [5, 5.41) is 6.16. The van der Waals surface area contributed by atoms with Gasteiger partial charge in [-0.25, -0.2) is 0 Å². The average molecular weight is 424 g/mol. The number of benzene rings is 1. The number of rotatable bonds is 5. The van der Waals surface area contributed by atoms with E-state index in [0.717, 1.165) is 30.1 Å². The minimum Gasteiger partial charge on any atom is -0.357 e. The smallest absolute Gasteiger partial charge is 0.251 e. The lowest BCUT2D eigenvalue weighted by Crippen LogP contribution is -2.53. The van der Waals surface area contributed by atoms with Crippen molar-refractivity contribution in [1.29, 1.82) is 0 Å². The van der Waals surface area contributed by atoms with E-state index in [4.69, 9.17) is 0 Å². The molecule has 1 heterocycles. The number of carbonyl (C=O) groups is 2. The van der Waals surface area contributed by atoms with E-state index in [0.29, 0.717) is 31.7 Å². The van der Waals surface area contributed by atoms with Crippen molar-refractivity contribution < 1.29 is 9.59 Å². The van der Waals surface area contributed by atoms with Crippen molar-refractivity contribution in [3.05, 3.63) is 34.3 Å². The lowest BCUT2D eigenvalue weighted by Gasteiger charge is -2.36. The predicted molar refractivity (Wildman–Crippen MR) is 106 cm³/mol. The number of hydrogen-bond acceptors (Lipinski definition) is 3. The molecule has 2 rings (SSSR count). The summed E-state index contributed by atoms with van der Waals surface area (Å²) >= 11 is 3.36. The molecule has 7 nitrogen and oxygen atoms in total. The van der Waals surface area contributed by atoms with E-state index in [-0.39, 0.29) is 11.8 Å². The van der Waals surface area contributed by atoms with Crippen molar-refractivity contribution in [2.24, 2.45) is 4.99 Å². The molecule has 26 heavy (non-hydrogen) atoms. The summed E-state index contributed by atoms with van der Waals surface area (Å²) in [6.45, 7) is 8.30. The molecule has 0 unspecified atom stereocenters. The quantitative estimate of drug-likeness (QED) is 0.425. The van der Waals surface area contributed by atoms with Crippen LogP contribution in [-0.2, 0) is 4.79 Å². The molecule has 2 N–H and O–H groups in total. The third kappa shape index (κ3) is 6.01. The van der Waals surface area contributed by atoms with Crippen LogP contribution >= 0.6 is 15.9 Å². The number of carbonyl (C=O) groups excluding carboxylic acids is 2. The Balaban J connectivity index is 1.82. The summed E-state index contributed by atoms with van der Waals surface area (Å²) in [5.74, 6) is 0.837. The van der Waals surface area contributed by atoms with Gasteiger partial charge < -0.3 is 20.4 Å². The predicted octanol–water partition coefficient (Wildman–Crippen LogP) is 1.31. The number of hydrogen-bond donors (Lipinski definition) is 2. The van der Waals surface area contributed by atoms with Gasteiger partial charge in [0, 0.05) is 56.2 Å². The molecule has 2 amide bonds. The van der Waals surface area contributed by atoms with Crippen LogP contribution in [0.4, 0.5) is 0 Å². The molecule has 0 bridgehead atoms. The van der Waals surface area contributed by atoms with E-state index in [9.17, 15) is 9.59 Å². The van der Waals surface area contributed by atoms with Gasteiger partial charge in [-0.15, -0.1) is 0 Å². The Kier molecular flexibility index (Phi) is 7.90. The average Bonchev–Trinajstić information content (AvgIpc) is 2.64. The van der Waals surface area contributed by atoms with Gasteiger partial charge in [0.2, 0.25) is 5.91 Å². The molecule has 0 aliphatic carbocycles. The Morgan fingerprint density at radius 1 is 1.08 bits per heavy atom. The molecule has 142 valence electrons. The largest absolute Gasteiger partial charge is 0.357 e. The number of halogens is 1. The fourth-order valence-electron chi connectivity index (χ4n) is 2.69. The molecule has 0 radical (unpaired) electrons. The van der Waals surface area contributed by atoms with E-state index < -0.39 is 0 Å². The molecule has 1 fully saturated rings. The van der Waals surface area contributed by atoms with Gasteiger partial charge in [-0.2, -0.15) is 0 Å². The van der Waals surface area contributed by atoms with E-state index in [1.54, 1.807) is 19.1 Å². The Morgan fingerprint density at radius 2 is 1.69 bits per heavy atom. The highest BCUT2D eigenvalue weighted by atomic mass is 79.9. The molecule has 0 aromatic heterocycles. The van der Waals surface area contributed by atoms with Gasteiger partial charge in [-0.3, -0.25) is 14.6 Å². The monoisotopic (exact) mass is 423 g/mol. The number of nitrogens with zero attached hydrogens (tertiary/aromatic N) is 3. The highest BCUT2D eigenvalue weighted by molar-refractivity contribution is 9.10. The lowest BCUT2D eigenvalue weighted by molar-refractivity contribution is -0.130. The van der Waals surface area contributed by atoms with Gasteiger partial charge in [0.15, 0.2) is 5.96 Å². The lowest BCUT2D eigenvalue weighted by atomic mass is 10.2. The topological polar surface area (TPSA) is 77.0 Å². The number of nitrogens with one attached hydrogen (secondary N) is 2. The van der Waals surface area contributed by atoms with Crippen LogP contribution in [0, 0.1) is 0 Å². The van der Waals surface area contributed by atoms with Crippen LogP contribution in [0.5, 0.6) is 0 Å². The normalized spacial score (nSPS) is 15.0. The van der Waals surface area contributed by atoms with Crippen LogP contribution in [-0.4, -0.2) is 73.4 Å². The maximum Gasteiger partial charge on any atom is 0.251 e. The highest BCUT2D eigenvalue weighted by Gasteiger charge is 2.20. The van der Waals surface area contributed by atoms with E-state index >= 15 is 0 Å². The Hall–Kier alpha value is -2.09. The molecule has 0 spiro atoms. The van der Waals surface area contributed by atoms with Crippen molar-refractivity contribution in [3.8, 4) is 0 Å². The molecule has 1 aliphatic rings. The molecule has 1 aromatic carbocycles. The maximum atomic E-state index is 12.1. The SMILES string of the molecule is CCNC(=NCCNC(=O)c1ccc(Br)cc1)N1CCN(C(C)=O)CC1. The van der Waals surface area contributed by atoms with Crippen LogP contribution < -0.4 is 10.6 Å². The van der Waals surface area contributed by atoms with Crippen LogP contribution in [0.1, 0.15) is 24.2 Å². The summed E-state index contributed by atoms with van der Waals surface area (Å²) in [5.41, 5.74) is 0.629. The number of aliphatic imine (C=N–C) groups is 1. The summed E-state index contributed by atoms with van der Waals surface area (Å²) in [6.07, 6.45) is 0. The van der Waals surface area contributed by atoms with Gasteiger partial charge >= 0.3 is 0 Å². The van der Waals surface area contributed by atoms with Crippen molar-refractivity contribution in [1.82, 2.24) is 20.4 Å². The van der Waals surface area contributed by atoms with E-state index in [1.165, 1.54) is 0 Å². The minimum absolute atomic E-state index is 0.104. The molecular weight excluding hydrogens is 398 g/mol. The second kappa shape index (κ2) is 10.2. The Labute approximate surface area is 163 Å². The van der Waals surface area contributed by atoms with Crippen molar-refractivity contribution >= 4 is 33.7 Å². The second-order valence-electron chi connectivity index (χ2n) is 5.99. The van der Waals surface area contributed by atoms with Crippen LogP contribution in [0.3, 0.4) is 0 Å². The second-order valence-corrected chi connectivity index (χ2v) is 6.91. The number of amides is 2. The zero-order chi connectivity index (χ0) is 18.9. The van der Waals surface area contributed by atoms with Crippen molar-refractivity contribution in [2.75, 3.05) is 45.8 Å². The highest BCUT2D eigenvalue weighted by Crippen LogP contribution is 2.10. The molecule has 1 aromatic rings. The standard InChI is InChI=1S/C18H26BrN5O2/c1-3-20-18(24-12-10-23(11-13-24)14(2)25)22-9-8-21-17(26)15-4-6-16(19)7-5-15/h4-7H,3,8-13H2,1-2H3,(H,20,22)(H,21,26). The summed E-state index contributed by atoms with van der Waals surface area (Å²) in [4.78, 5) is 32.1. The maximum absolute atomic E-state index is 12.1. The summed E-state index contributed by atoms with van der Waals surface area (Å²) in [6, 6.07) is 7.25. The first-order chi connectivity index (χ1) is 12.5. The zero-order valence-electron chi connectivity index (χ0n) is 15.3. The fraction of sp³-hybridized carbons (Fsp3) is 0.500. The minimum atomic E-state index is -0.104. The third-order valence-corrected chi connectivity index (χ3v) is 4.65. The first-order valence-electron chi connectivity index (χ1n) is 8.83. The third-order valence-electron chi connectivity index (χ3n) is 4.12. The van der Waals surface area contributed by atoms with Gasteiger partial charge in [0.25, 0.3) is 5.91 Å². The molecule has 0 saturated carbocycles. The van der Waals surface area contributed by atoms with Crippen LogP contribution in [0.25, 0.3) is 0 Å². The van der Waals surface area contributed by atoms with E-state index in [1.807, 2.05) is 24.0 Å². The molecular formula is C18H26BrN5O2. The van der Waals surface area contributed by atoms with Gasteiger partial charge in [0.1, 0.15) is 0 Å². The van der Waals surface area contributed by atoms with Crippen LogP contribution in [0.15, 0.2) is 33.7 Å². The fourth-order valence-corrected chi connectivity index (χ4v) is 2.96. The van der Waals surface area contributed by atoms with Crippen molar-refractivity contribution in [2.45, 2.75) is 13.8 Å². The first-order valence-corrected chi connectivity index (χ1v) is 9.63. The van der Waals surface area contributed by atoms with E-state index in [2.05, 4.69) is 36.5 Å². The zero-order valence-corrected chi connectivity index (χ0v) is 16.9. The number of piperazine rings is 1. The molecule has 1 saturated heterocycles. The summed E-state index contributed by atoms with van der Waals surface area (Å²) in [7, 11) is 0. The van der Waals surface area contributed by atoms with Gasteiger partial charge in [-0.1, -0.05) is 15.9 Å².